The van der Waals surface area contributed by atoms with Gasteiger partial charge in [0.2, 0.25) is 10.0 Å². The summed E-state index contributed by atoms with van der Waals surface area (Å²) in [6, 6.07) is 12.4. The van der Waals surface area contributed by atoms with Crippen molar-refractivity contribution in [1.29, 1.82) is 5.26 Å². The first-order valence-corrected chi connectivity index (χ1v) is 8.28. The van der Waals surface area contributed by atoms with Gasteiger partial charge in [0, 0.05) is 12.6 Å². The Bertz CT molecular complexity index is 587. The Labute approximate surface area is 120 Å². The van der Waals surface area contributed by atoms with Gasteiger partial charge in [-0.05, 0) is 25.5 Å². The summed E-state index contributed by atoms with van der Waals surface area (Å²) >= 11 is 0. The van der Waals surface area contributed by atoms with E-state index in [1.165, 1.54) is 7.05 Å². The van der Waals surface area contributed by atoms with Gasteiger partial charge >= 0.3 is 0 Å². The first-order chi connectivity index (χ1) is 9.51. The van der Waals surface area contributed by atoms with Crippen molar-refractivity contribution < 1.29 is 8.42 Å². The highest BCUT2D eigenvalue weighted by molar-refractivity contribution is 7.89. The van der Waals surface area contributed by atoms with Gasteiger partial charge in [0.15, 0.2) is 0 Å². The Morgan fingerprint density at radius 2 is 2.00 bits per heavy atom. The van der Waals surface area contributed by atoms with Crippen LogP contribution in [0.15, 0.2) is 30.3 Å². The van der Waals surface area contributed by atoms with Crippen LogP contribution in [-0.2, 0) is 15.4 Å². The summed E-state index contributed by atoms with van der Waals surface area (Å²) in [5.41, 5.74) is 0.629. The topological polar surface area (TPSA) is 82.0 Å². The molecule has 1 aromatic carbocycles. The normalized spacial score (nSPS) is 25.7. The summed E-state index contributed by atoms with van der Waals surface area (Å²) in [7, 11) is -1.75. The van der Waals surface area contributed by atoms with Gasteiger partial charge in [0.1, 0.15) is 0 Å². The molecule has 0 atom stereocenters. The number of sulfonamides is 1. The molecule has 1 aliphatic carbocycles. The van der Waals surface area contributed by atoms with Crippen LogP contribution in [0.1, 0.15) is 18.4 Å². The fourth-order valence-corrected chi connectivity index (χ4v) is 3.16. The number of nitrogens with zero attached hydrogens (tertiary/aromatic N) is 1. The molecule has 1 aliphatic rings. The van der Waals surface area contributed by atoms with Crippen molar-refractivity contribution in [3.63, 3.8) is 0 Å². The van der Waals surface area contributed by atoms with Crippen LogP contribution < -0.4 is 10.0 Å². The second-order valence-corrected chi connectivity index (χ2v) is 7.19. The lowest BCUT2D eigenvalue weighted by Gasteiger charge is -2.43. The lowest BCUT2D eigenvalue weighted by Crippen LogP contribution is -2.52. The number of nitrogens with one attached hydrogen (secondary N) is 2. The smallest absolute Gasteiger partial charge is 0.212 e. The van der Waals surface area contributed by atoms with Gasteiger partial charge in [-0.3, -0.25) is 0 Å². The summed E-state index contributed by atoms with van der Waals surface area (Å²) in [4.78, 5) is 0. The summed E-state index contributed by atoms with van der Waals surface area (Å²) in [5.74, 6) is 0.0604. The molecule has 1 saturated carbocycles. The van der Waals surface area contributed by atoms with Gasteiger partial charge < -0.3 is 5.32 Å². The second-order valence-electron chi connectivity index (χ2n) is 5.14. The van der Waals surface area contributed by atoms with E-state index in [0.29, 0.717) is 6.54 Å². The van der Waals surface area contributed by atoms with Crippen LogP contribution in [0.5, 0.6) is 0 Å². The van der Waals surface area contributed by atoms with Gasteiger partial charge in [-0.2, -0.15) is 5.26 Å². The lowest BCUT2D eigenvalue weighted by molar-refractivity contribution is 0.230. The molecule has 0 aromatic heterocycles. The monoisotopic (exact) mass is 293 g/mol. The molecule has 108 valence electrons. The van der Waals surface area contributed by atoms with Crippen LogP contribution in [-0.4, -0.2) is 33.8 Å². The summed E-state index contributed by atoms with van der Waals surface area (Å²) in [5, 5.41) is 12.6. The number of nitriles is 1. The number of hydrogen-bond donors (Lipinski definition) is 2. The zero-order valence-corrected chi connectivity index (χ0v) is 12.3. The molecule has 0 spiro atoms. The molecule has 2 rings (SSSR count). The maximum absolute atomic E-state index is 11.3. The van der Waals surface area contributed by atoms with Crippen LogP contribution in [0.25, 0.3) is 0 Å². The van der Waals surface area contributed by atoms with Gasteiger partial charge in [-0.15, -0.1) is 0 Å². The second kappa shape index (κ2) is 5.92. The maximum atomic E-state index is 11.3. The molecule has 0 radical (unpaired) electrons. The highest BCUT2D eigenvalue weighted by Gasteiger charge is 2.45. The Kier molecular flexibility index (Phi) is 4.43. The molecule has 0 aliphatic heterocycles. The molecule has 1 fully saturated rings. The minimum Gasteiger partial charge on any atom is -0.313 e. The average molecular weight is 293 g/mol. The van der Waals surface area contributed by atoms with Crippen LogP contribution in [0.3, 0.4) is 0 Å². The summed E-state index contributed by atoms with van der Waals surface area (Å²) in [6.45, 7) is 0.407. The van der Waals surface area contributed by atoms with Crippen molar-refractivity contribution in [3.8, 4) is 6.07 Å². The number of hydrogen-bond acceptors (Lipinski definition) is 4. The van der Waals surface area contributed by atoms with E-state index in [1.807, 2.05) is 30.3 Å². The molecule has 0 bridgehead atoms. The van der Waals surface area contributed by atoms with E-state index in [2.05, 4.69) is 16.1 Å². The highest BCUT2D eigenvalue weighted by atomic mass is 32.2. The number of benzene rings is 1. The predicted molar refractivity (Wildman–Crippen MR) is 77.6 cm³/mol. The Hall–Kier alpha value is -1.42. The molecule has 0 unspecified atom stereocenters. The quantitative estimate of drug-likeness (QED) is 0.811. The van der Waals surface area contributed by atoms with Crippen molar-refractivity contribution >= 4 is 10.0 Å². The van der Waals surface area contributed by atoms with Crippen molar-refractivity contribution in [1.82, 2.24) is 10.0 Å². The minimum absolute atomic E-state index is 0.0604. The number of rotatable bonds is 6. The van der Waals surface area contributed by atoms with E-state index in [-0.39, 0.29) is 11.8 Å². The Balaban J connectivity index is 1.86. The van der Waals surface area contributed by atoms with Crippen LogP contribution in [0.2, 0.25) is 0 Å². The van der Waals surface area contributed by atoms with Crippen molar-refractivity contribution in [2.45, 2.75) is 24.3 Å². The van der Waals surface area contributed by atoms with Crippen LogP contribution >= 0.6 is 0 Å². The fourth-order valence-electron chi connectivity index (χ4n) is 2.57. The molecule has 2 N–H and O–H groups in total. The molecule has 6 heteroatoms. The molecular formula is C14H19N3O2S. The standard InChI is InChI=1S/C14H19N3O2S/c1-16-20(18,19)8-7-17-13-9-14(10-13,11-15)12-5-3-2-4-6-12/h2-6,13,16-17H,7-10H2,1H3. The molecule has 0 amide bonds. The molecular weight excluding hydrogens is 274 g/mol. The summed E-state index contributed by atoms with van der Waals surface area (Å²) < 4.78 is 24.9. The van der Waals surface area contributed by atoms with Crippen molar-refractivity contribution in [2.24, 2.45) is 0 Å². The van der Waals surface area contributed by atoms with Crippen molar-refractivity contribution in [2.75, 3.05) is 19.3 Å². The van der Waals surface area contributed by atoms with E-state index in [9.17, 15) is 13.7 Å². The maximum Gasteiger partial charge on any atom is 0.212 e. The zero-order chi connectivity index (χ0) is 14.6. The first-order valence-electron chi connectivity index (χ1n) is 6.63. The van der Waals surface area contributed by atoms with E-state index in [1.54, 1.807) is 0 Å². The molecule has 0 heterocycles. The van der Waals surface area contributed by atoms with Gasteiger partial charge in [-0.1, -0.05) is 30.3 Å². The third-order valence-electron chi connectivity index (χ3n) is 3.84. The molecule has 1 aromatic rings. The van der Waals surface area contributed by atoms with E-state index >= 15 is 0 Å². The van der Waals surface area contributed by atoms with E-state index in [0.717, 1.165) is 18.4 Å². The molecule has 0 saturated heterocycles. The van der Waals surface area contributed by atoms with Gasteiger partial charge in [0.25, 0.3) is 0 Å². The van der Waals surface area contributed by atoms with E-state index in [4.69, 9.17) is 0 Å². The van der Waals surface area contributed by atoms with Gasteiger partial charge in [-0.25, -0.2) is 13.1 Å². The Morgan fingerprint density at radius 3 is 2.55 bits per heavy atom. The molecule has 20 heavy (non-hydrogen) atoms. The van der Waals surface area contributed by atoms with Crippen LogP contribution in [0.4, 0.5) is 0 Å². The minimum atomic E-state index is -3.16. The zero-order valence-electron chi connectivity index (χ0n) is 11.5. The largest absolute Gasteiger partial charge is 0.313 e. The van der Waals surface area contributed by atoms with Crippen molar-refractivity contribution in [3.05, 3.63) is 35.9 Å². The SMILES string of the molecule is CNS(=O)(=O)CCNC1CC(C#N)(c2ccccc2)C1. The van der Waals surface area contributed by atoms with Crippen LogP contribution in [0, 0.1) is 11.3 Å². The van der Waals surface area contributed by atoms with Gasteiger partial charge in [0.05, 0.1) is 17.2 Å². The fraction of sp³-hybridized carbons (Fsp3) is 0.500. The lowest BCUT2D eigenvalue weighted by atomic mass is 9.62. The van der Waals surface area contributed by atoms with E-state index < -0.39 is 15.4 Å². The Morgan fingerprint density at radius 1 is 1.35 bits per heavy atom. The predicted octanol–water partition coefficient (Wildman–Crippen LogP) is 0.749. The third kappa shape index (κ3) is 3.18. The highest BCUT2D eigenvalue weighted by Crippen LogP contribution is 2.43. The molecule has 5 nitrogen and oxygen atoms in total. The summed E-state index contributed by atoms with van der Waals surface area (Å²) in [6.07, 6.45) is 1.46. The average Bonchev–Trinajstić information content (AvgIpc) is 2.42. The third-order valence-corrected chi connectivity index (χ3v) is 5.21. The first kappa shape index (κ1) is 15.0.